The molecule has 2 aliphatic rings. The summed E-state index contributed by atoms with van der Waals surface area (Å²) in [6.45, 7) is 2.76. The van der Waals surface area contributed by atoms with Crippen LogP contribution in [-0.2, 0) is 13.0 Å². The van der Waals surface area contributed by atoms with Gasteiger partial charge in [-0.1, -0.05) is 30.3 Å². The van der Waals surface area contributed by atoms with Gasteiger partial charge in [0.25, 0.3) is 0 Å². The number of guanidine groups is 1. The van der Waals surface area contributed by atoms with Crippen molar-refractivity contribution in [1.29, 1.82) is 0 Å². The van der Waals surface area contributed by atoms with Gasteiger partial charge in [0.1, 0.15) is 5.76 Å². The molecule has 0 amide bonds. The Hall–Kier alpha value is -1.92. The minimum atomic E-state index is 0.499. The van der Waals surface area contributed by atoms with Gasteiger partial charge < -0.3 is 15.1 Å². The largest absolute Gasteiger partial charge is 0.469 e. The van der Waals surface area contributed by atoms with E-state index in [2.05, 4.69) is 52.1 Å². The Kier molecular flexibility index (Phi) is 7.76. The molecule has 2 unspecified atom stereocenters. The molecule has 2 N–H and O–H groups in total. The molecule has 5 nitrogen and oxygen atoms in total. The van der Waals surface area contributed by atoms with E-state index in [1.54, 1.807) is 6.26 Å². The Balaban J connectivity index is 1.31. The van der Waals surface area contributed by atoms with Crippen molar-refractivity contribution in [3.05, 3.63) is 60.1 Å². The summed E-state index contributed by atoms with van der Waals surface area (Å²) in [5.41, 5.74) is 1.43. The SMILES string of the molecule is CSCCN=C(NCCc1ccco1)NC1CC2CCC(C1)N2Cc1ccccc1. The molecule has 0 spiro atoms. The normalized spacial score (nSPS) is 24.2. The fourth-order valence-electron chi connectivity index (χ4n) is 4.80. The van der Waals surface area contributed by atoms with Crippen molar-refractivity contribution in [1.82, 2.24) is 15.5 Å². The van der Waals surface area contributed by atoms with Crippen molar-refractivity contribution in [3.8, 4) is 0 Å². The Morgan fingerprint density at radius 2 is 1.93 bits per heavy atom. The molecule has 3 heterocycles. The van der Waals surface area contributed by atoms with Crippen LogP contribution in [-0.4, -0.2) is 54.1 Å². The van der Waals surface area contributed by atoms with Gasteiger partial charge in [0, 0.05) is 43.4 Å². The smallest absolute Gasteiger partial charge is 0.191 e. The second kappa shape index (κ2) is 10.9. The molecule has 0 radical (unpaired) electrons. The molecule has 1 aromatic heterocycles. The van der Waals surface area contributed by atoms with Crippen LogP contribution in [0.2, 0.25) is 0 Å². The number of aliphatic imine (C=N–C) groups is 1. The lowest BCUT2D eigenvalue weighted by Crippen LogP contribution is -2.52. The molecule has 0 saturated carbocycles. The molecule has 2 aromatic rings. The molecule has 2 aliphatic heterocycles. The fraction of sp³-hybridized carbons (Fsp3) is 0.542. The van der Waals surface area contributed by atoms with Crippen LogP contribution in [0.5, 0.6) is 0 Å². The average molecular weight is 427 g/mol. The summed E-state index contributed by atoms with van der Waals surface area (Å²) in [4.78, 5) is 7.55. The van der Waals surface area contributed by atoms with Gasteiger partial charge in [0.15, 0.2) is 5.96 Å². The molecule has 2 saturated heterocycles. The molecule has 1 aromatic carbocycles. The molecule has 2 bridgehead atoms. The van der Waals surface area contributed by atoms with E-state index >= 15 is 0 Å². The Morgan fingerprint density at radius 1 is 1.13 bits per heavy atom. The van der Waals surface area contributed by atoms with Gasteiger partial charge in [0.2, 0.25) is 0 Å². The van der Waals surface area contributed by atoms with Crippen molar-refractivity contribution in [2.24, 2.45) is 4.99 Å². The first-order valence-corrected chi connectivity index (χ1v) is 12.6. The van der Waals surface area contributed by atoms with E-state index in [0.717, 1.165) is 43.5 Å². The topological polar surface area (TPSA) is 52.8 Å². The maximum Gasteiger partial charge on any atom is 0.191 e. The highest BCUT2D eigenvalue weighted by Gasteiger charge is 2.40. The second-order valence-electron chi connectivity index (χ2n) is 8.33. The van der Waals surface area contributed by atoms with E-state index in [-0.39, 0.29) is 0 Å². The third-order valence-corrected chi connectivity index (χ3v) is 6.83. The van der Waals surface area contributed by atoms with Crippen molar-refractivity contribution in [2.45, 2.75) is 56.8 Å². The number of rotatable bonds is 9. The molecule has 2 atom stereocenters. The molecule has 0 aliphatic carbocycles. The number of thioether (sulfide) groups is 1. The molecule has 6 heteroatoms. The van der Waals surface area contributed by atoms with Crippen molar-refractivity contribution < 1.29 is 4.42 Å². The lowest BCUT2D eigenvalue weighted by molar-refractivity contribution is 0.114. The number of benzene rings is 1. The maximum absolute atomic E-state index is 5.45. The Bertz CT molecular complexity index is 766. The van der Waals surface area contributed by atoms with Crippen molar-refractivity contribution >= 4 is 17.7 Å². The molecular formula is C24H34N4OS. The number of nitrogens with zero attached hydrogens (tertiary/aromatic N) is 2. The van der Waals surface area contributed by atoms with Crippen molar-refractivity contribution in [2.75, 3.05) is 25.1 Å². The first-order valence-electron chi connectivity index (χ1n) is 11.2. The number of fused-ring (bicyclic) bond motifs is 2. The first-order chi connectivity index (χ1) is 14.8. The van der Waals surface area contributed by atoms with E-state index in [1.165, 1.54) is 31.2 Å². The van der Waals surface area contributed by atoms with E-state index in [4.69, 9.17) is 9.41 Å². The van der Waals surface area contributed by atoms with Crippen LogP contribution >= 0.6 is 11.8 Å². The predicted molar refractivity (Wildman–Crippen MR) is 126 cm³/mol. The zero-order valence-corrected chi connectivity index (χ0v) is 18.7. The summed E-state index contributed by atoms with van der Waals surface area (Å²) in [7, 11) is 0. The van der Waals surface area contributed by atoms with Gasteiger partial charge in [-0.25, -0.2) is 0 Å². The van der Waals surface area contributed by atoms with E-state index < -0.39 is 0 Å². The number of hydrogen-bond donors (Lipinski definition) is 2. The van der Waals surface area contributed by atoms with Crippen LogP contribution in [0.3, 0.4) is 0 Å². The van der Waals surface area contributed by atoms with E-state index in [9.17, 15) is 0 Å². The molecule has 162 valence electrons. The molecule has 4 rings (SSSR count). The second-order valence-corrected chi connectivity index (χ2v) is 9.32. The first kappa shape index (κ1) is 21.3. The van der Waals surface area contributed by atoms with Crippen LogP contribution in [0.1, 0.15) is 37.0 Å². The van der Waals surface area contributed by atoms with E-state index in [1.807, 2.05) is 23.9 Å². The van der Waals surface area contributed by atoms with Gasteiger partial charge in [-0.2, -0.15) is 11.8 Å². The minimum absolute atomic E-state index is 0.499. The molecule has 30 heavy (non-hydrogen) atoms. The molecule has 2 fully saturated rings. The summed E-state index contributed by atoms with van der Waals surface area (Å²) in [5.74, 6) is 3.01. The van der Waals surface area contributed by atoms with Gasteiger partial charge in [-0.05, 0) is 49.6 Å². The van der Waals surface area contributed by atoms with Gasteiger partial charge in [-0.15, -0.1) is 0 Å². The number of hydrogen-bond acceptors (Lipinski definition) is 4. The average Bonchev–Trinajstić information content (AvgIpc) is 3.35. The highest BCUT2D eigenvalue weighted by molar-refractivity contribution is 7.98. The summed E-state index contributed by atoms with van der Waals surface area (Å²) >= 11 is 1.84. The van der Waals surface area contributed by atoms with Crippen LogP contribution in [0.4, 0.5) is 0 Å². The van der Waals surface area contributed by atoms with Crippen LogP contribution in [0.15, 0.2) is 58.1 Å². The highest BCUT2D eigenvalue weighted by Crippen LogP contribution is 2.36. The number of nitrogens with one attached hydrogen (secondary N) is 2. The Morgan fingerprint density at radius 3 is 2.63 bits per heavy atom. The fourth-order valence-corrected chi connectivity index (χ4v) is 5.07. The zero-order chi connectivity index (χ0) is 20.6. The third-order valence-electron chi connectivity index (χ3n) is 6.24. The Labute approximate surface area is 184 Å². The lowest BCUT2D eigenvalue weighted by Gasteiger charge is -2.39. The minimum Gasteiger partial charge on any atom is -0.469 e. The van der Waals surface area contributed by atoms with E-state index in [0.29, 0.717) is 18.1 Å². The third kappa shape index (κ3) is 5.82. The standard InChI is InChI=1S/C24H34N4OS/c1-30-15-13-26-24(25-12-11-23-8-5-14-29-23)27-20-16-21-9-10-22(17-20)28(21)18-19-6-3-2-4-7-19/h2-8,14,20-22H,9-13,15-18H2,1H3,(H2,25,26,27). The summed E-state index contributed by atoms with van der Waals surface area (Å²) in [6.07, 6.45) is 9.78. The highest BCUT2D eigenvalue weighted by atomic mass is 32.2. The van der Waals surface area contributed by atoms with Gasteiger partial charge in [0.05, 0.1) is 12.8 Å². The van der Waals surface area contributed by atoms with Gasteiger partial charge >= 0.3 is 0 Å². The number of furan rings is 1. The van der Waals surface area contributed by atoms with Crippen LogP contribution < -0.4 is 10.6 Å². The van der Waals surface area contributed by atoms with Crippen molar-refractivity contribution in [3.63, 3.8) is 0 Å². The number of piperidine rings is 1. The maximum atomic E-state index is 5.45. The van der Waals surface area contributed by atoms with Gasteiger partial charge in [-0.3, -0.25) is 9.89 Å². The molecular weight excluding hydrogens is 392 g/mol. The summed E-state index contributed by atoms with van der Waals surface area (Å²) in [5, 5.41) is 7.27. The summed E-state index contributed by atoms with van der Waals surface area (Å²) in [6, 6.07) is 16.7. The predicted octanol–water partition coefficient (Wildman–Crippen LogP) is 3.92. The summed E-state index contributed by atoms with van der Waals surface area (Å²) < 4.78 is 5.45. The van der Waals surface area contributed by atoms with Crippen LogP contribution in [0.25, 0.3) is 0 Å². The quantitative estimate of drug-likeness (QED) is 0.362. The monoisotopic (exact) mass is 426 g/mol. The zero-order valence-electron chi connectivity index (χ0n) is 17.9. The van der Waals surface area contributed by atoms with Crippen LogP contribution in [0, 0.1) is 0 Å². The lowest BCUT2D eigenvalue weighted by atomic mass is 9.96.